The van der Waals surface area contributed by atoms with Crippen LogP contribution in [-0.2, 0) is 10.0 Å². The highest BCUT2D eigenvalue weighted by Crippen LogP contribution is 2.21. The monoisotopic (exact) mass is 488 g/mol. The second-order valence-electron chi connectivity index (χ2n) is 7.62. The molecule has 0 saturated carbocycles. The van der Waals surface area contributed by atoms with E-state index in [1.807, 2.05) is 27.0 Å². The third kappa shape index (κ3) is 6.00. The number of hydrogen-bond acceptors (Lipinski definition) is 8. The van der Waals surface area contributed by atoms with Crippen molar-refractivity contribution in [2.24, 2.45) is 5.92 Å². The van der Waals surface area contributed by atoms with Crippen LogP contribution in [0.5, 0.6) is 0 Å². The minimum absolute atomic E-state index is 0.0451. The molecule has 3 N–H and O–H groups in total. The lowest BCUT2D eigenvalue weighted by Crippen LogP contribution is -2.42. The minimum atomic E-state index is -3.35. The number of piperidine rings is 1. The number of hydrogen-bond donors (Lipinski definition) is 3. The van der Waals surface area contributed by atoms with Gasteiger partial charge in [0.1, 0.15) is 4.60 Å². The highest BCUT2D eigenvalue weighted by atomic mass is 79.9. The molecular weight excluding hydrogens is 460 g/mol. The Labute approximate surface area is 180 Å². The maximum Gasteiger partial charge on any atom is 0.230 e. The Morgan fingerprint density at radius 3 is 2.66 bits per heavy atom. The van der Waals surface area contributed by atoms with Crippen LogP contribution in [-0.4, -0.2) is 73.0 Å². The molecular formula is C17H29BrN8O2S. The van der Waals surface area contributed by atoms with Crippen LogP contribution >= 0.6 is 15.9 Å². The fourth-order valence-corrected chi connectivity index (χ4v) is 4.60. The largest absolute Gasteiger partial charge is 0.353 e. The standard InChI is InChI=1S/C17H29BrN8O2S/c1-12(2)11-21-29(27,28)9-6-20-16-23-17(22-15-10-14(18)24-26(15)16)25-7-4-13(19-3)5-8-25/h10,12-13,19,21H,4-9,11H2,1-3H3,(H,20,22,23). The van der Waals surface area contributed by atoms with Crippen molar-refractivity contribution in [2.75, 3.05) is 49.2 Å². The van der Waals surface area contributed by atoms with Gasteiger partial charge >= 0.3 is 0 Å². The first kappa shape index (κ1) is 22.2. The number of nitrogens with zero attached hydrogens (tertiary/aromatic N) is 5. The Hall–Kier alpha value is -1.50. The first-order valence-electron chi connectivity index (χ1n) is 9.84. The van der Waals surface area contributed by atoms with Gasteiger partial charge in [0.05, 0.1) is 5.75 Å². The predicted molar refractivity (Wildman–Crippen MR) is 118 cm³/mol. The van der Waals surface area contributed by atoms with Gasteiger partial charge in [-0.2, -0.15) is 19.6 Å². The lowest BCUT2D eigenvalue weighted by molar-refractivity contribution is 0.439. The number of halogens is 1. The second-order valence-corrected chi connectivity index (χ2v) is 10.4. The first-order chi connectivity index (χ1) is 13.8. The van der Waals surface area contributed by atoms with Crippen molar-refractivity contribution in [3.8, 4) is 0 Å². The molecule has 0 amide bonds. The highest BCUT2D eigenvalue weighted by molar-refractivity contribution is 9.10. The molecule has 1 aliphatic heterocycles. The number of anilines is 2. The Morgan fingerprint density at radius 1 is 1.28 bits per heavy atom. The summed E-state index contributed by atoms with van der Waals surface area (Å²) < 4.78 is 29.1. The molecule has 3 heterocycles. The van der Waals surface area contributed by atoms with Gasteiger partial charge in [0.2, 0.25) is 21.9 Å². The van der Waals surface area contributed by atoms with E-state index in [9.17, 15) is 8.42 Å². The summed E-state index contributed by atoms with van der Waals surface area (Å²) in [5, 5.41) is 10.8. The second kappa shape index (κ2) is 9.54. The van der Waals surface area contributed by atoms with Crippen LogP contribution in [0.2, 0.25) is 0 Å². The van der Waals surface area contributed by atoms with Crippen LogP contribution < -0.4 is 20.3 Å². The molecule has 0 unspecified atom stereocenters. The maximum atomic E-state index is 12.1. The molecule has 0 atom stereocenters. The summed E-state index contributed by atoms with van der Waals surface area (Å²) in [4.78, 5) is 11.4. The number of aromatic nitrogens is 4. The summed E-state index contributed by atoms with van der Waals surface area (Å²) in [6.07, 6.45) is 2.05. The summed E-state index contributed by atoms with van der Waals surface area (Å²) in [5.74, 6) is 1.32. The van der Waals surface area contributed by atoms with E-state index in [4.69, 9.17) is 0 Å². The van der Waals surface area contributed by atoms with Crippen LogP contribution in [0.4, 0.5) is 11.9 Å². The molecule has 0 aliphatic carbocycles. The number of sulfonamides is 1. The molecule has 10 nitrogen and oxygen atoms in total. The van der Waals surface area contributed by atoms with Gasteiger partial charge in [-0.25, -0.2) is 13.1 Å². The molecule has 0 spiro atoms. The van der Waals surface area contributed by atoms with E-state index in [1.165, 1.54) is 0 Å². The molecule has 1 fully saturated rings. The van der Waals surface area contributed by atoms with Gasteiger partial charge in [-0.1, -0.05) is 13.8 Å². The summed E-state index contributed by atoms with van der Waals surface area (Å²) >= 11 is 3.38. The van der Waals surface area contributed by atoms with Crippen LogP contribution in [0, 0.1) is 5.92 Å². The average Bonchev–Trinajstić information content (AvgIpc) is 3.07. The molecule has 162 valence electrons. The van der Waals surface area contributed by atoms with Crippen molar-refractivity contribution in [2.45, 2.75) is 32.7 Å². The van der Waals surface area contributed by atoms with Gasteiger partial charge in [0, 0.05) is 38.3 Å². The van der Waals surface area contributed by atoms with Gasteiger partial charge in [-0.3, -0.25) is 0 Å². The molecule has 1 saturated heterocycles. The summed E-state index contributed by atoms with van der Waals surface area (Å²) in [7, 11) is -1.36. The van der Waals surface area contributed by atoms with E-state index in [1.54, 1.807) is 4.52 Å². The Morgan fingerprint density at radius 2 is 2.00 bits per heavy atom. The lowest BCUT2D eigenvalue weighted by Gasteiger charge is -2.31. The van der Waals surface area contributed by atoms with Crippen molar-refractivity contribution in [3.63, 3.8) is 0 Å². The van der Waals surface area contributed by atoms with E-state index in [0.29, 0.717) is 34.7 Å². The molecule has 0 bridgehead atoms. The van der Waals surface area contributed by atoms with E-state index in [0.717, 1.165) is 25.9 Å². The third-order valence-corrected chi connectivity index (χ3v) is 6.57. The normalized spacial score (nSPS) is 16.1. The van der Waals surface area contributed by atoms with Crippen LogP contribution in [0.3, 0.4) is 0 Å². The van der Waals surface area contributed by atoms with Gasteiger partial charge in [-0.05, 0) is 41.7 Å². The fraction of sp³-hybridized carbons (Fsp3) is 0.706. The number of fused-ring (bicyclic) bond motifs is 1. The van der Waals surface area contributed by atoms with E-state index in [-0.39, 0.29) is 18.2 Å². The zero-order valence-corrected chi connectivity index (χ0v) is 19.4. The zero-order chi connectivity index (χ0) is 21.0. The topological polar surface area (TPSA) is 117 Å². The molecule has 1 aliphatic rings. The molecule has 2 aromatic heterocycles. The van der Waals surface area contributed by atoms with Gasteiger partial charge in [0.25, 0.3) is 0 Å². The van der Waals surface area contributed by atoms with Crippen LogP contribution in [0.15, 0.2) is 10.7 Å². The molecule has 12 heteroatoms. The minimum Gasteiger partial charge on any atom is -0.353 e. The van der Waals surface area contributed by atoms with Crippen molar-refractivity contribution in [1.82, 2.24) is 29.6 Å². The molecule has 2 aromatic rings. The molecule has 3 rings (SSSR count). The first-order valence-corrected chi connectivity index (χ1v) is 12.3. The Balaban J connectivity index is 1.73. The van der Waals surface area contributed by atoms with Crippen molar-refractivity contribution in [1.29, 1.82) is 0 Å². The lowest BCUT2D eigenvalue weighted by atomic mass is 10.1. The van der Waals surface area contributed by atoms with Crippen LogP contribution in [0.25, 0.3) is 5.65 Å². The fourth-order valence-electron chi connectivity index (χ4n) is 3.14. The number of nitrogens with one attached hydrogen (secondary N) is 3. The van der Waals surface area contributed by atoms with Gasteiger partial charge < -0.3 is 15.5 Å². The van der Waals surface area contributed by atoms with Crippen molar-refractivity contribution >= 4 is 43.5 Å². The van der Waals surface area contributed by atoms with E-state index < -0.39 is 10.0 Å². The third-order valence-electron chi connectivity index (χ3n) is 4.83. The Bertz CT molecular complexity index is 925. The molecule has 29 heavy (non-hydrogen) atoms. The van der Waals surface area contributed by atoms with Gasteiger partial charge in [0.15, 0.2) is 5.65 Å². The molecule has 0 radical (unpaired) electrons. The van der Waals surface area contributed by atoms with Crippen molar-refractivity contribution < 1.29 is 8.42 Å². The Kier molecular flexibility index (Phi) is 7.30. The average molecular weight is 489 g/mol. The maximum absolute atomic E-state index is 12.1. The van der Waals surface area contributed by atoms with Gasteiger partial charge in [-0.15, -0.1) is 0 Å². The summed E-state index contributed by atoms with van der Waals surface area (Å²) in [6, 6.07) is 2.33. The molecule has 0 aromatic carbocycles. The van der Waals surface area contributed by atoms with E-state index >= 15 is 0 Å². The summed E-state index contributed by atoms with van der Waals surface area (Å²) in [5.41, 5.74) is 0.654. The number of rotatable bonds is 9. The van der Waals surface area contributed by atoms with Crippen LogP contribution in [0.1, 0.15) is 26.7 Å². The van der Waals surface area contributed by atoms with E-state index in [2.05, 4.69) is 51.3 Å². The SMILES string of the molecule is CNC1CCN(c2nc(NCCS(=O)(=O)NCC(C)C)n3nc(Br)cc3n2)CC1. The zero-order valence-electron chi connectivity index (χ0n) is 17.0. The highest BCUT2D eigenvalue weighted by Gasteiger charge is 2.22. The van der Waals surface area contributed by atoms with Crippen molar-refractivity contribution in [3.05, 3.63) is 10.7 Å². The smallest absolute Gasteiger partial charge is 0.230 e. The quantitative estimate of drug-likeness (QED) is 0.479. The predicted octanol–water partition coefficient (Wildman–Crippen LogP) is 1.06. The summed E-state index contributed by atoms with van der Waals surface area (Å²) in [6.45, 7) is 6.31.